The minimum atomic E-state index is -0.521. The fourth-order valence-electron chi connectivity index (χ4n) is 2.01. The second kappa shape index (κ2) is 2.19. The zero-order valence-electron chi connectivity index (χ0n) is 5.83. The molecule has 2 saturated heterocycles. The Hall–Kier alpha value is -0.120. The Bertz CT molecular complexity index is 122. The lowest BCUT2D eigenvalue weighted by molar-refractivity contribution is 0.0327. The van der Waals surface area contributed by atoms with Gasteiger partial charge in [-0.25, -0.2) is 0 Å². The smallest absolute Gasteiger partial charge is 0.0967 e. The van der Waals surface area contributed by atoms with E-state index in [1.54, 1.807) is 0 Å². The largest absolute Gasteiger partial charge is 0.389 e. The SMILES string of the molecule is O[C@@H]1[C@H](O)[C@H]2CCC[C@@H]1N2. The number of aliphatic hydroxyl groups excluding tert-OH is 2. The number of aliphatic hydroxyl groups is 2. The first-order valence-corrected chi connectivity index (χ1v) is 3.91. The van der Waals surface area contributed by atoms with Crippen LogP contribution in [0.15, 0.2) is 0 Å². The third kappa shape index (κ3) is 0.779. The summed E-state index contributed by atoms with van der Waals surface area (Å²) in [5, 5.41) is 21.9. The summed E-state index contributed by atoms with van der Waals surface area (Å²) in [6.07, 6.45) is 2.11. The summed E-state index contributed by atoms with van der Waals surface area (Å²) in [5.74, 6) is 0. The second-order valence-electron chi connectivity index (χ2n) is 3.29. The Morgan fingerprint density at radius 1 is 1.00 bits per heavy atom. The lowest BCUT2D eigenvalue weighted by Crippen LogP contribution is -2.37. The molecule has 0 spiro atoms. The van der Waals surface area contributed by atoms with Gasteiger partial charge in [-0.05, 0) is 12.8 Å². The quantitative estimate of drug-likeness (QED) is 0.417. The fraction of sp³-hybridized carbons (Fsp3) is 1.00. The molecular weight excluding hydrogens is 130 g/mol. The minimum absolute atomic E-state index is 0.161. The van der Waals surface area contributed by atoms with Crippen LogP contribution >= 0.6 is 0 Å². The summed E-state index contributed by atoms with van der Waals surface area (Å²) in [6.45, 7) is 0. The van der Waals surface area contributed by atoms with E-state index in [-0.39, 0.29) is 12.1 Å². The molecule has 2 aliphatic heterocycles. The minimum Gasteiger partial charge on any atom is -0.389 e. The molecular formula is C7H13NO2. The van der Waals surface area contributed by atoms with Crippen molar-refractivity contribution in [1.29, 1.82) is 0 Å². The third-order valence-corrected chi connectivity index (χ3v) is 2.63. The van der Waals surface area contributed by atoms with Gasteiger partial charge in [-0.3, -0.25) is 0 Å². The normalized spacial score (nSPS) is 53.4. The molecule has 2 bridgehead atoms. The maximum absolute atomic E-state index is 9.36. The van der Waals surface area contributed by atoms with Crippen LogP contribution in [-0.2, 0) is 0 Å². The van der Waals surface area contributed by atoms with E-state index in [9.17, 15) is 10.2 Å². The van der Waals surface area contributed by atoms with E-state index in [1.165, 1.54) is 0 Å². The van der Waals surface area contributed by atoms with Gasteiger partial charge in [0, 0.05) is 12.1 Å². The van der Waals surface area contributed by atoms with Gasteiger partial charge >= 0.3 is 0 Å². The Morgan fingerprint density at radius 2 is 1.50 bits per heavy atom. The van der Waals surface area contributed by atoms with E-state index in [0.717, 1.165) is 19.3 Å². The summed E-state index contributed by atoms with van der Waals surface area (Å²) in [5.41, 5.74) is 0. The number of hydrogen-bond donors (Lipinski definition) is 3. The van der Waals surface area contributed by atoms with Crippen molar-refractivity contribution in [2.75, 3.05) is 0 Å². The first-order valence-electron chi connectivity index (χ1n) is 3.91. The van der Waals surface area contributed by atoms with Gasteiger partial charge in [0.15, 0.2) is 0 Å². The predicted molar refractivity (Wildman–Crippen MR) is 36.6 cm³/mol. The van der Waals surface area contributed by atoms with Crippen LogP contribution in [0.5, 0.6) is 0 Å². The molecule has 0 amide bonds. The molecule has 0 aliphatic carbocycles. The van der Waals surface area contributed by atoms with Crippen LogP contribution in [0.2, 0.25) is 0 Å². The second-order valence-corrected chi connectivity index (χ2v) is 3.29. The van der Waals surface area contributed by atoms with Crippen molar-refractivity contribution in [3.63, 3.8) is 0 Å². The van der Waals surface area contributed by atoms with Crippen LogP contribution in [0.1, 0.15) is 19.3 Å². The predicted octanol–water partition coefficient (Wildman–Crippen LogP) is -0.768. The van der Waals surface area contributed by atoms with E-state index in [1.807, 2.05) is 0 Å². The molecule has 0 unspecified atom stereocenters. The number of nitrogens with one attached hydrogen (secondary N) is 1. The Labute approximate surface area is 60.1 Å². The van der Waals surface area contributed by atoms with Gasteiger partial charge in [0.1, 0.15) is 0 Å². The molecule has 0 radical (unpaired) electrons. The van der Waals surface area contributed by atoms with Gasteiger partial charge in [0.05, 0.1) is 12.2 Å². The molecule has 0 saturated carbocycles. The van der Waals surface area contributed by atoms with Crippen molar-refractivity contribution in [2.45, 2.75) is 43.6 Å². The Balaban J connectivity index is 2.13. The van der Waals surface area contributed by atoms with Crippen molar-refractivity contribution in [3.05, 3.63) is 0 Å². The van der Waals surface area contributed by atoms with Gasteiger partial charge in [-0.15, -0.1) is 0 Å². The summed E-state index contributed by atoms with van der Waals surface area (Å²) in [7, 11) is 0. The molecule has 2 aliphatic rings. The Morgan fingerprint density at radius 3 is 1.90 bits per heavy atom. The average Bonchev–Trinajstić information content (AvgIpc) is 2.17. The molecule has 0 aromatic carbocycles. The molecule has 2 rings (SSSR count). The van der Waals surface area contributed by atoms with E-state index in [2.05, 4.69) is 5.32 Å². The van der Waals surface area contributed by atoms with Crippen molar-refractivity contribution < 1.29 is 10.2 Å². The summed E-state index contributed by atoms with van der Waals surface area (Å²) in [4.78, 5) is 0. The van der Waals surface area contributed by atoms with E-state index >= 15 is 0 Å². The highest BCUT2D eigenvalue weighted by Gasteiger charge is 2.42. The Kier molecular flexibility index (Phi) is 1.44. The lowest BCUT2D eigenvalue weighted by Gasteiger charge is -2.20. The third-order valence-electron chi connectivity index (χ3n) is 2.63. The molecule has 10 heavy (non-hydrogen) atoms. The first kappa shape index (κ1) is 6.58. The zero-order chi connectivity index (χ0) is 7.14. The van der Waals surface area contributed by atoms with E-state index in [4.69, 9.17) is 0 Å². The average molecular weight is 143 g/mol. The highest BCUT2D eigenvalue weighted by molar-refractivity contribution is 5.00. The zero-order valence-corrected chi connectivity index (χ0v) is 5.83. The van der Waals surface area contributed by atoms with Crippen LogP contribution in [0.25, 0.3) is 0 Å². The van der Waals surface area contributed by atoms with Crippen LogP contribution < -0.4 is 5.32 Å². The van der Waals surface area contributed by atoms with Crippen molar-refractivity contribution in [2.24, 2.45) is 0 Å². The molecule has 4 atom stereocenters. The van der Waals surface area contributed by atoms with E-state index < -0.39 is 12.2 Å². The number of piperidine rings is 1. The number of rotatable bonds is 0. The van der Waals surface area contributed by atoms with Gasteiger partial charge < -0.3 is 15.5 Å². The van der Waals surface area contributed by atoms with E-state index in [0.29, 0.717) is 0 Å². The standard InChI is InChI=1S/C7H13NO2/c9-6-4-2-1-3-5(8-4)7(6)10/h4-10H,1-3H2/t4-,5+,6-,7+. The molecule has 3 nitrogen and oxygen atoms in total. The summed E-state index contributed by atoms with van der Waals surface area (Å²) in [6, 6.07) is 0.322. The maximum atomic E-state index is 9.36. The molecule has 58 valence electrons. The topological polar surface area (TPSA) is 52.5 Å². The molecule has 0 aromatic heterocycles. The van der Waals surface area contributed by atoms with Gasteiger partial charge in [0.25, 0.3) is 0 Å². The molecule has 2 fully saturated rings. The monoisotopic (exact) mass is 143 g/mol. The molecule has 2 heterocycles. The highest BCUT2D eigenvalue weighted by atomic mass is 16.3. The fourth-order valence-corrected chi connectivity index (χ4v) is 2.01. The van der Waals surface area contributed by atoms with Gasteiger partial charge in [-0.1, -0.05) is 6.42 Å². The van der Waals surface area contributed by atoms with Crippen LogP contribution in [0, 0.1) is 0 Å². The molecule has 3 heteroatoms. The van der Waals surface area contributed by atoms with Crippen molar-refractivity contribution in [3.8, 4) is 0 Å². The number of hydrogen-bond acceptors (Lipinski definition) is 3. The van der Waals surface area contributed by atoms with Crippen molar-refractivity contribution in [1.82, 2.24) is 5.32 Å². The number of fused-ring (bicyclic) bond motifs is 2. The first-order chi connectivity index (χ1) is 4.79. The summed E-state index contributed by atoms with van der Waals surface area (Å²) >= 11 is 0. The van der Waals surface area contributed by atoms with Gasteiger partial charge in [-0.2, -0.15) is 0 Å². The lowest BCUT2D eigenvalue weighted by atomic mass is 10.1. The van der Waals surface area contributed by atoms with Crippen LogP contribution in [0.4, 0.5) is 0 Å². The van der Waals surface area contributed by atoms with Crippen LogP contribution in [-0.4, -0.2) is 34.5 Å². The molecule has 3 N–H and O–H groups in total. The van der Waals surface area contributed by atoms with Gasteiger partial charge in [0.2, 0.25) is 0 Å². The molecule has 0 aromatic rings. The van der Waals surface area contributed by atoms with Crippen LogP contribution in [0.3, 0.4) is 0 Å². The summed E-state index contributed by atoms with van der Waals surface area (Å²) < 4.78 is 0. The van der Waals surface area contributed by atoms with Crippen molar-refractivity contribution >= 4 is 0 Å². The maximum Gasteiger partial charge on any atom is 0.0967 e. The highest BCUT2D eigenvalue weighted by Crippen LogP contribution is 2.26.